The minimum atomic E-state index is 0.0837. The van der Waals surface area contributed by atoms with E-state index in [-0.39, 0.29) is 6.04 Å². The molecule has 106 valence electrons. The minimum Gasteiger partial charge on any atom is -0.271 e. The molecule has 0 amide bonds. The van der Waals surface area contributed by atoms with Gasteiger partial charge in [-0.15, -0.1) is 0 Å². The molecule has 0 saturated heterocycles. The van der Waals surface area contributed by atoms with Crippen molar-refractivity contribution in [1.29, 1.82) is 0 Å². The summed E-state index contributed by atoms with van der Waals surface area (Å²) < 4.78 is 1.09. The molecule has 21 heavy (non-hydrogen) atoms. The number of benzene rings is 2. The van der Waals surface area contributed by atoms with Crippen molar-refractivity contribution in [3.63, 3.8) is 0 Å². The first-order valence-corrected chi connectivity index (χ1v) is 7.60. The summed E-state index contributed by atoms with van der Waals surface area (Å²) in [4.78, 5) is 4.04. The second kappa shape index (κ2) is 6.35. The van der Waals surface area contributed by atoms with E-state index in [1.54, 1.807) is 12.4 Å². The average Bonchev–Trinajstić information content (AvgIpc) is 2.53. The second-order valence-electron chi connectivity index (χ2n) is 5.03. The van der Waals surface area contributed by atoms with Gasteiger partial charge in [0.25, 0.3) is 0 Å². The highest BCUT2D eigenvalue weighted by molar-refractivity contribution is 9.10. The third kappa shape index (κ3) is 3.29. The summed E-state index contributed by atoms with van der Waals surface area (Å²) in [6, 6.07) is 16.8. The second-order valence-corrected chi connectivity index (χ2v) is 5.95. The number of nitrogens with zero attached hydrogens (tertiary/aromatic N) is 1. The molecule has 0 spiro atoms. The third-order valence-corrected chi connectivity index (χ3v) is 4.11. The zero-order valence-corrected chi connectivity index (χ0v) is 13.0. The van der Waals surface area contributed by atoms with Gasteiger partial charge >= 0.3 is 0 Å². The van der Waals surface area contributed by atoms with E-state index in [4.69, 9.17) is 5.84 Å². The molecule has 0 aliphatic rings. The lowest BCUT2D eigenvalue weighted by Gasteiger charge is -2.17. The molecular formula is C17H16BrN3. The van der Waals surface area contributed by atoms with E-state index in [1.807, 2.05) is 12.1 Å². The quantitative estimate of drug-likeness (QED) is 0.561. The van der Waals surface area contributed by atoms with Crippen molar-refractivity contribution in [1.82, 2.24) is 10.4 Å². The lowest BCUT2D eigenvalue weighted by atomic mass is 9.97. The summed E-state index contributed by atoms with van der Waals surface area (Å²) in [5.41, 5.74) is 5.31. The van der Waals surface area contributed by atoms with E-state index >= 15 is 0 Å². The Morgan fingerprint density at radius 2 is 1.71 bits per heavy atom. The molecule has 3 aromatic rings. The molecule has 1 aromatic heterocycles. The normalized spacial score (nSPS) is 12.5. The van der Waals surface area contributed by atoms with E-state index < -0.39 is 0 Å². The van der Waals surface area contributed by atoms with Crippen LogP contribution in [0.4, 0.5) is 0 Å². The molecule has 3 rings (SSSR count). The Morgan fingerprint density at radius 3 is 2.48 bits per heavy atom. The van der Waals surface area contributed by atoms with Crippen LogP contribution in [0.15, 0.2) is 65.4 Å². The number of halogens is 1. The molecule has 0 fully saturated rings. The monoisotopic (exact) mass is 341 g/mol. The number of aromatic nitrogens is 1. The van der Waals surface area contributed by atoms with E-state index in [9.17, 15) is 0 Å². The summed E-state index contributed by atoms with van der Waals surface area (Å²) in [6.07, 6.45) is 4.45. The zero-order chi connectivity index (χ0) is 14.7. The van der Waals surface area contributed by atoms with Crippen molar-refractivity contribution in [3.05, 3.63) is 76.5 Å². The molecule has 4 heteroatoms. The Hall–Kier alpha value is -1.75. The van der Waals surface area contributed by atoms with Crippen molar-refractivity contribution in [2.75, 3.05) is 0 Å². The molecule has 1 unspecified atom stereocenters. The van der Waals surface area contributed by atoms with Gasteiger partial charge < -0.3 is 0 Å². The number of fused-ring (bicyclic) bond motifs is 1. The van der Waals surface area contributed by atoms with E-state index in [2.05, 4.69) is 62.7 Å². The van der Waals surface area contributed by atoms with Gasteiger partial charge in [0.1, 0.15) is 0 Å². The van der Waals surface area contributed by atoms with Crippen LogP contribution in [-0.2, 0) is 6.42 Å². The number of hydrazine groups is 1. The van der Waals surface area contributed by atoms with E-state index in [1.165, 1.54) is 21.9 Å². The molecule has 0 aliphatic heterocycles. The highest BCUT2D eigenvalue weighted by Gasteiger charge is 2.11. The highest BCUT2D eigenvalue weighted by atomic mass is 79.9. The van der Waals surface area contributed by atoms with Gasteiger partial charge in [0, 0.05) is 16.9 Å². The number of rotatable bonds is 4. The molecule has 0 bridgehead atoms. The predicted octanol–water partition coefficient (Wildman–Crippen LogP) is 3.74. The summed E-state index contributed by atoms with van der Waals surface area (Å²) in [5.74, 6) is 5.75. The molecule has 3 nitrogen and oxygen atoms in total. The first-order chi connectivity index (χ1) is 10.3. The van der Waals surface area contributed by atoms with Crippen molar-refractivity contribution in [2.45, 2.75) is 12.5 Å². The maximum Gasteiger partial charge on any atom is 0.0500 e. The Labute approximate surface area is 132 Å². The van der Waals surface area contributed by atoms with Crippen LogP contribution in [0.1, 0.15) is 17.2 Å². The van der Waals surface area contributed by atoms with Gasteiger partial charge in [-0.2, -0.15) is 0 Å². The van der Waals surface area contributed by atoms with Gasteiger partial charge in [-0.05, 0) is 58.7 Å². The van der Waals surface area contributed by atoms with Crippen LogP contribution in [0.3, 0.4) is 0 Å². The van der Waals surface area contributed by atoms with Crippen LogP contribution in [-0.4, -0.2) is 4.98 Å². The SMILES string of the molecule is NNC(Cc1ccncc1)c1ccc2cc(Br)ccc2c1. The predicted molar refractivity (Wildman–Crippen MR) is 89.7 cm³/mol. The summed E-state index contributed by atoms with van der Waals surface area (Å²) in [6.45, 7) is 0. The Kier molecular flexibility index (Phi) is 4.29. The fraction of sp³-hybridized carbons (Fsp3) is 0.118. The first-order valence-electron chi connectivity index (χ1n) is 6.80. The van der Waals surface area contributed by atoms with E-state index in [0.29, 0.717) is 0 Å². The lowest BCUT2D eigenvalue weighted by molar-refractivity contribution is 0.552. The number of hydrogen-bond donors (Lipinski definition) is 2. The molecule has 0 saturated carbocycles. The van der Waals surface area contributed by atoms with Gasteiger partial charge in [-0.1, -0.05) is 34.1 Å². The Bertz CT molecular complexity index is 743. The van der Waals surface area contributed by atoms with Crippen LogP contribution in [0, 0.1) is 0 Å². The number of nitrogens with two attached hydrogens (primary N) is 1. The smallest absolute Gasteiger partial charge is 0.0500 e. The van der Waals surface area contributed by atoms with Crippen LogP contribution in [0.2, 0.25) is 0 Å². The van der Waals surface area contributed by atoms with Gasteiger partial charge in [0.15, 0.2) is 0 Å². The molecule has 3 N–H and O–H groups in total. The van der Waals surface area contributed by atoms with Crippen LogP contribution < -0.4 is 11.3 Å². The molecule has 2 aromatic carbocycles. The molecule has 0 radical (unpaired) electrons. The third-order valence-electron chi connectivity index (χ3n) is 3.62. The summed E-state index contributed by atoms with van der Waals surface area (Å²) in [7, 11) is 0. The van der Waals surface area contributed by atoms with Gasteiger partial charge in [-0.25, -0.2) is 0 Å². The maximum absolute atomic E-state index is 5.75. The lowest BCUT2D eigenvalue weighted by Crippen LogP contribution is -2.29. The fourth-order valence-corrected chi connectivity index (χ4v) is 2.86. The first kappa shape index (κ1) is 14.2. The fourth-order valence-electron chi connectivity index (χ4n) is 2.48. The minimum absolute atomic E-state index is 0.0837. The topological polar surface area (TPSA) is 50.9 Å². The Balaban J connectivity index is 1.91. The number of hydrogen-bond acceptors (Lipinski definition) is 3. The van der Waals surface area contributed by atoms with Gasteiger partial charge in [0.05, 0.1) is 6.04 Å². The number of pyridine rings is 1. The Morgan fingerprint density at radius 1 is 1.00 bits per heavy atom. The van der Waals surface area contributed by atoms with Crippen molar-refractivity contribution in [2.24, 2.45) is 5.84 Å². The molecule has 1 heterocycles. The zero-order valence-electron chi connectivity index (χ0n) is 11.5. The highest BCUT2D eigenvalue weighted by Crippen LogP contribution is 2.25. The average molecular weight is 342 g/mol. The van der Waals surface area contributed by atoms with Crippen LogP contribution in [0.5, 0.6) is 0 Å². The number of nitrogens with one attached hydrogen (secondary N) is 1. The van der Waals surface area contributed by atoms with Crippen molar-refractivity contribution < 1.29 is 0 Å². The van der Waals surface area contributed by atoms with Crippen LogP contribution >= 0.6 is 15.9 Å². The maximum atomic E-state index is 5.75. The van der Waals surface area contributed by atoms with Crippen molar-refractivity contribution in [3.8, 4) is 0 Å². The molecule has 0 aliphatic carbocycles. The van der Waals surface area contributed by atoms with Crippen molar-refractivity contribution >= 4 is 26.7 Å². The standard InChI is InChI=1S/C17H16BrN3/c18-16-4-3-13-10-15(2-1-14(13)11-16)17(21-19)9-12-5-7-20-8-6-12/h1-8,10-11,17,21H,9,19H2. The largest absolute Gasteiger partial charge is 0.271 e. The molecular weight excluding hydrogens is 326 g/mol. The van der Waals surface area contributed by atoms with Gasteiger partial charge in [0.2, 0.25) is 0 Å². The molecule has 1 atom stereocenters. The van der Waals surface area contributed by atoms with Gasteiger partial charge in [-0.3, -0.25) is 16.3 Å². The van der Waals surface area contributed by atoms with E-state index in [0.717, 1.165) is 10.9 Å². The summed E-state index contributed by atoms with van der Waals surface area (Å²) >= 11 is 3.50. The summed E-state index contributed by atoms with van der Waals surface area (Å²) in [5, 5.41) is 2.43. The van der Waals surface area contributed by atoms with Crippen LogP contribution in [0.25, 0.3) is 10.8 Å².